The van der Waals surface area contributed by atoms with Gasteiger partial charge in [0, 0.05) is 24.5 Å². The van der Waals surface area contributed by atoms with E-state index in [0.29, 0.717) is 34.5 Å². The van der Waals surface area contributed by atoms with Crippen LogP contribution in [0.15, 0.2) is 24.5 Å². The topological polar surface area (TPSA) is 117 Å². The lowest BCUT2D eigenvalue weighted by molar-refractivity contribution is -0.164. The quantitative estimate of drug-likeness (QED) is 0.696. The maximum absolute atomic E-state index is 13.1. The van der Waals surface area contributed by atoms with Crippen molar-refractivity contribution >= 4 is 16.9 Å². The minimum atomic E-state index is -4.85. The normalized spacial score (nSPS) is 25.5. The van der Waals surface area contributed by atoms with E-state index in [-0.39, 0.29) is 12.5 Å². The molecule has 4 rings (SSSR count). The standard InChI is InChI=1S/C20H21F3N6O/c21-20(22,23)17(25)18(30)29-19(7-13(9-26-10-19)11-1-2-11)14-4-3-12(8-24)15-16(14)28-6-5-27-15/h3-6,11,13,17,26H,1-2,7,9-10,25H2,(H,29,30)/t13-,17+,19-/m0/s1. The van der Waals surface area contributed by atoms with Gasteiger partial charge >= 0.3 is 6.18 Å². The number of nitrogens with two attached hydrogens (primary N) is 1. The van der Waals surface area contributed by atoms with Crippen molar-refractivity contribution in [2.45, 2.75) is 37.0 Å². The molecule has 10 heteroatoms. The Morgan fingerprint density at radius 1 is 1.27 bits per heavy atom. The van der Waals surface area contributed by atoms with Gasteiger partial charge < -0.3 is 16.4 Å². The number of fused-ring (bicyclic) bond motifs is 1. The van der Waals surface area contributed by atoms with Crippen LogP contribution in [0, 0.1) is 23.2 Å². The highest BCUT2D eigenvalue weighted by molar-refractivity contribution is 5.87. The summed E-state index contributed by atoms with van der Waals surface area (Å²) in [5, 5.41) is 15.3. The molecule has 1 saturated carbocycles. The van der Waals surface area contributed by atoms with Crippen molar-refractivity contribution < 1.29 is 18.0 Å². The van der Waals surface area contributed by atoms with E-state index >= 15 is 0 Å². The minimum Gasteiger partial charge on any atom is -0.344 e. The zero-order valence-corrected chi connectivity index (χ0v) is 16.0. The molecule has 1 aromatic heterocycles. The van der Waals surface area contributed by atoms with Crippen LogP contribution in [0.4, 0.5) is 13.2 Å². The van der Waals surface area contributed by atoms with E-state index in [1.807, 2.05) is 0 Å². The number of aromatic nitrogens is 2. The van der Waals surface area contributed by atoms with Gasteiger partial charge in [-0.1, -0.05) is 6.07 Å². The summed E-state index contributed by atoms with van der Waals surface area (Å²) in [6, 6.07) is 2.63. The van der Waals surface area contributed by atoms with E-state index in [2.05, 4.69) is 26.7 Å². The first-order valence-corrected chi connectivity index (χ1v) is 9.74. The van der Waals surface area contributed by atoms with Crippen molar-refractivity contribution in [1.82, 2.24) is 20.6 Å². The lowest BCUT2D eigenvalue weighted by Gasteiger charge is -2.43. The SMILES string of the molecule is N#Cc1ccc([C@@]2(NC(=O)[C@@H](N)C(F)(F)F)CNC[C@@H](C3CC3)C2)c2nccnc12. The first-order chi connectivity index (χ1) is 14.2. The largest absolute Gasteiger partial charge is 0.412 e. The molecule has 158 valence electrons. The van der Waals surface area contributed by atoms with E-state index in [0.717, 1.165) is 19.4 Å². The Balaban J connectivity index is 1.81. The van der Waals surface area contributed by atoms with Crippen LogP contribution in [-0.4, -0.2) is 41.2 Å². The number of halogens is 3. The van der Waals surface area contributed by atoms with E-state index in [1.165, 1.54) is 12.4 Å². The van der Waals surface area contributed by atoms with Crippen LogP contribution < -0.4 is 16.4 Å². The highest BCUT2D eigenvalue weighted by Crippen LogP contribution is 2.45. The van der Waals surface area contributed by atoms with Gasteiger partial charge in [0.15, 0.2) is 6.04 Å². The Kier molecular flexibility index (Phi) is 5.11. The monoisotopic (exact) mass is 418 g/mol. The molecule has 1 saturated heterocycles. The second-order valence-electron chi connectivity index (χ2n) is 8.05. The fourth-order valence-corrected chi connectivity index (χ4v) is 4.33. The molecule has 2 aromatic rings. The lowest BCUT2D eigenvalue weighted by atomic mass is 9.75. The smallest absolute Gasteiger partial charge is 0.344 e. The first-order valence-electron chi connectivity index (χ1n) is 9.74. The molecule has 2 aliphatic rings. The zero-order chi connectivity index (χ0) is 21.5. The summed E-state index contributed by atoms with van der Waals surface area (Å²) < 4.78 is 39.3. The molecular formula is C20H21F3N6O. The molecule has 1 aliphatic heterocycles. The van der Waals surface area contributed by atoms with E-state index < -0.39 is 23.7 Å². The number of carbonyl (C=O) groups is 1. The van der Waals surface area contributed by atoms with Gasteiger partial charge in [-0.25, -0.2) is 0 Å². The third-order valence-electron chi connectivity index (χ3n) is 5.99. The van der Waals surface area contributed by atoms with Gasteiger partial charge in [0.1, 0.15) is 11.6 Å². The molecule has 1 aromatic carbocycles. The molecule has 4 N–H and O–H groups in total. The number of carbonyl (C=O) groups excluding carboxylic acids is 1. The average molecular weight is 418 g/mol. The van der Waals surface area contributed by atoms with Crippen molar-refractivity contribution in [3.05, 3.63) is 35.7 Å². The summed E-state index contributed by atoms with van der Waals surface area (Å²) in [6.45, 7) is 0.956. The van der Waals surface area contributed by atoms with Crippen LogP contribution in [0.2, 0.25) is 0 Å². The predicted octanol–water partition coefficient (Wildman–Crippen LogP) is 1.72. The summed E-state index contributed by atoms with van der Waals surface area (Å²) in [6.07, 6.45) is 0.634. The Labute approximate surface area is 170 Å². The van der Waals surface area contributed by atoms with Crippen molar-refractivity contribution in [2.24, 2.45) is 17.6 Å². The van der Waals surface area contributed by atoms with Crippen LogP contribution in [0.25, 0.3) is 11.0 Å². The molecule has 0 radical (unpaired) electrons. The molecule has 0 spiro atoms. The second kappa shape index (κ2) is 7.49. The number of rotatable bonds is 4. The van der Waals surface area contributed by atoms with Gasteiger partial charge in [-0.2, -0.15) is 18.4 Å². The second-order valence-corrected chi connectivity index (χ2v) is 8.05. The number of nitrogens with zero attached hydrogens (tertiary/aromatic N) is 3. The number of hydrogen-bond donors (Lipinski definition) is 3. The van der Waals surface area contributed by atoms with Crippen molar-refractivity contribution in [1.29, 1.82) is 5.26 Å². The molecule has 1 aliphatic carbocycles. The summed E-state index contributed by atoms with van der Waals surface area (Å²) in [5.41, 5.74) is 5.61. The highest BCUT2D eigenvalue weighted by atomic mass is 19.4. The van der Waals surface area contributed by atoms with Gasteiger partial charge in [-0.15, -0.1) is 0 Å². The van der Waals surface area contributed by atoms with Gasteiger partial charge in [0.25, 0.3) is 0 Å². The number of alkyl halides is 3. The van der Waals surface area contributed by atoms with Crippen LogP contribution in [-0.2, 0) is 10.3 Å². The van der Waals surface area contributed by atoms with Gasteiger partial charge in [0.2, 0.25) is 5.91 Å². The number of piperidine rings is 1. The number of nitriles is 1. The van der Waals surface area contributed by atoms with Crippen LogP contribution >= 0.6 is 0 Å². The lowest BCUT2D eigenvalue weighted by Crippen LogP contribution is -2.62. The van der Waals surface area contributed by atoms with Gasteiger partial charge in [-0.3, -0.25) is 14.8 Å². The minimum absolute atomic E-state index is 0.198. The molecule has 7 nitrogen and oxygen atoms in total. The number of hydrogen-bond acceptors (Lipinski definition) is 6. The molecule has 2 heterocycles. The number of amides is 1. The molecule has 30 heavy (non-hydrogen) atoms. The Hall–Kier alpha value is -2.77. The summed E-state index contributed by atoms with van der Waals surface area (Å²) >= 11 is 0. The maximum atomic E-state index is 13.1. The Bertz CT molecular complexity index is 1020. The molecule has 0 bridgehead atoms. The predicted molar refractivity (Wildman–Crippen MR) is 102 cm³/mol. The van der Waals surface area contributed by atoms with Gasteiger partial charge in [0.05, 0.1) is 16.6 Å². The van der Waals surface area contributed by atoms with Crippen LogP contribution in [0.1, 0.15) is 30.4 Å². The fraction of sp³-hybridized carbons (Fsp3) is 0.500. The van der Waals surface area contributed by atoms with Crippen molar-refractivity contribution in [2.75, 3.05) is 13.1 Å². The van der Waals surface area contributed by atoms with E-state index in [9.17, 15) is 23.2 Å². The number of nitrogens with one attached hydrogen (secondary N) is 2. The molecule has 3 atom stereocenters. The zero-order valence-electron chi connectivity index (χ0n) is 16.0. The summed E-state index contributed by atoms with van der Waals surface area (Å²) in [5.74, 6) is -0.619. The first kappa shape index (κ1) is 20.5. The van der Waals surface area contributed by atoms with E-state index in [4.69, 9.17) is 5.73 Å². The number of benzene rings is 1. The Morgan fingerprint density at radius 2 is 1.97 bits per heavy atom. The summed E-state index contributed by atoms with van der Waals surface area (Å²) in [4.78, 5) is 21.1. The van der Waals surface area contributed by atoms with Crippen molar-refractivity contribution in [3.63, 3.8) is 0 Å². The average Bonchev–Trinajstić information content (AvgIpc) is 3.57. The third kappa shape index (κ3) is 3.70. The Morgan fingerprint density at radius 3 is 2.60 bits per heavy atom. The third-order valence-corrected chi connectivity index (χ3v) is 5.99. The molecule has 1 amide bonds. The summed E-state index contributed by atoms with van der Waals surface area (Å²) in [7, 11) is 0. The highest BCUT2D eigenvalue weighted by Gasteiger charge is 2.49. The van der Waals surface area contributed by atoms with Crippen LogP contribution in [0.3, 0.4) is 0 Å². The molecule has 0 unspecified atom stereocenters. The van der Waals surface area contributed by atoms with E-state index in [1.54, 1.807) is 12.1 Å². The fourth-order valence-electron chi connectivity index (χ4n) is 4.33. The van der Waals surface area contributed by atoms with Crippen LogP contribution in [0.5, 0.6) is 0 Å². The molecule has 2 fully saturated rings. The maximum Gasteiger partial charge on any atom is 0.412 e. The van der Waals surface area contributed by atoms with Crippen molar-refractivity contribution in [3.8, 4) is 6.07 Å². The van der Waals surface area contributed by atoms with Gasteiger partial charge in [-0.05, 0) is 43.7 Å². The molecular weight excluding hydrogens is 397 g/mol.